The number of carbonyl (C=O) groups excluding carboxylic acids is 1. The fourth-order valence-corrected chi connectivity index (χ4v) is 7.44. The minimum Gasteiger partial charge on any atom is -0.459 e. The van der Waals surface area contributed by atoms with Gasteiger partial charge in [0.05, 0.1) is 11.1 Å². The Bertz CT molecular complexity index is 951. The molecule has 2 atom stereocenters. The highest BCUT2D eigenvalue weighted by molar-refractivity contribution is 7.15. The zero-order valence-electron chi connectivity index (χ0n) is 14.7. The number of thiazole rings is 1. The van der Waals surface area contributed by atoms with Gasteiger partial charge in [-0.2, -0.15) is 0 Å². The minimum absolute atomic E-state index is 0.0495. The number of esters is 1. The highest BCUT2D eigenvalue weighted by Crippen LogP contribution is 2.64. The molecule has 4 fully saturated rings. The van der Waals surface area contributed by atoms with E-state index in [9.17, 15) is 9.59 Å². The Kier molecular flexibility index (Phi) is 3.58. The average Bonchev–Trinajstić information content (AvgIpc) is 2.92. The Morgan fingerprint density at radius 3 is 2.81 bits per heavy atom. The van der Waals surface area contributed by atoms with E-state index in [2.05, 4.69) is 4.98 Å². The monoisotopic (exact) mass is 392 g/mol. The third-order valence-corrected chi connectivity index (χ3v) is 7.79. The van der Waals surface area contributed by atoms with Crippen LogP contribution in [0, 0.1) is 24.2 Å². The van der Waals surface area contributed by atoms with E-state index in [1.807, 2.05) is 12.3 Å². The van der Waals surface area contributed by atoms with Crippen LogP contribution in [0.5, 0.6) is 0 Å². The molecule has 0 aromatic carbocycles. The molecule has 2 aromatic heterocycles. The van der Waals surface area contributed by atoms with Crippen LogP contribution in [0.15, 0.2) is 16.2 Å². The van der Waals surface area contributed by atoms with Crippen LogP contribution in [0.25, 0.3) is 4.96 Å². The summed E-state index contributed by atoms with van der Waals surface area (Å²) in [6.07, 6.45) is 5.80. The lowest BCUT2D eigenvalue weighted by molar-refractivity contribution is -0.171. The van der Waals surface area contributed by atoms with Crippen molar-refractivity contribution in [1.29, 1.82) is 0 Å². The normalized spacial score (nSPS) is 35.2. The fourth-order valence-electron chi connectivity index (χ4n) is 5.86. The van der Waals surface area contributed by atoms with Gasteiger partial charge >= 0.3 is 5.97 Å². The molecular weight excluding hydrogens is 372 g/mol. The second kappa shape index (κ2) is 5.55. The maximum atomic E-state index is 13.0. The zero-order chi connectivity index (χ0) is 18.1. The number of aryl methyl sites for hydroxylation is 1. The molecule has 0 N–H and O–H groups in total. The Morgan fingerprint density at radius 1 is 1.38 bits per heavy atom. The first-order chi connectivity index (χ1) is 12.4. The highest BCUT2D eigenvalue weighted by Gasteiger charge is 2.60. The smallest absolute Gasteiger partial charge is 0.312 e. The standard InChI is InChI=1S/C19H21ClN2O3S/c1-11-9-26-17-21-14(3-15(23)22(11)17)8-25-16(24)18-4-12-2-13(5-18)7-19(20,6-12)10-18/h3,9,12-13H,2,4-8,10H2,1H3/t12-,13-,18?,19?/m1/s1. The lowest BCUT2D eigenvalue weighted by Crippen LogP contribution is -2.56. The number of hydrogen-bond donors (Lipinski definition) is 0. The van der Waals surface area contributed by atoms with Gasteiger partial charge in [0.2, 0.25) is 0 Å². The Balaban J connectivity index is 1.36. The molecule has 0 radical (unpaired) electrons. The van der Waals surface area contributed by atoms with Gasteiger partial charge in [-0.15, -0.1) is 22.9 Å². The summed E-state index contributed by atoms with van der Waals surface area (Å²) in [7, 11) is 0. The minimum atomic E-state index is -0.426. The second-order valence-electron chi connectivity index (χ2n) is 8.55. The number of aromatic nitrogens is 2. The third kappa shape index (κ3) is 2.53. The number of hydrogen-bond acceptors (Lipinski definition) is 5. The maximum absolute atomic E-state index is 13.0. The summed E-state index contributed by atoms with van der Waals surface area (Å²) in [6.45, 7) is 1.93. The molecular formula is C19H21ClN2O3S. The van der Waals surface area contributed by atoms with Gasteiger partial charge in [0.25, 0.3) is 5.56 Å². The van der Waals surface area contributed by atoms with E-state index >= 15 is 0 Å². The molecule has 7 heteroatoms. The highest BCUT2D eigenvalue weighted by atomic mass is 35.5. The van der Waals surface area contributed by atoms with E-state index in [0.29, 0.717) is 22.5 Å². The largest absolute Gasteiger partial charge is 0.459 e. The predicted molar refractivity (Wildman–Crippen MR) is 99.6 cm³/mol. The molecule has 4 aliphatic carbocycles. The van der Waals surface area contributed by atoms with Crippen LogP contribution in [0.1, 0.15) is 49.9 Å². The first-order valence-corrected chi connectivity index (χ1v) is 10.4. The molecule has 6 rings (SSSR count). The number of alkyl halides is 1. The second-order valence-corrected chi connectivity index (χ2v) is 10.2. The Labute approximate surface area is 160 Å². The van der Waals surface area contributed by atoms with Crippen LogP contribution in [0.3, 0.4) is 0 Å². The van der Waals surface area contributed by atoms with Crippen molar-refractivity contribution in [2.45, 2.75) is 56.9 Å². The molecule has 0 spiro atoms. The molecule has 5 nitrogen and oxygen atoms in total. The fraction of sp³-hybridized carbons (Fsp3) is 0.632. The van der Waals surface area contributed by atoms with Crippen LogP contribution < -0.4 is 5.56 Å². The van der Waals surface area contributed by atoms with E-state index in [1.54, 1.807) is 4.40 Å². The Morgan fingerprint density at radius 2 is 2.12 bits per heavy atom. The first kappa shape index (κ1) is 16.8. The number of halogens is 1. The molecule has 4 saturated carbocycles. The summed E-state index contributed by atoms with van der Waals surface area (Å²) in [5.74, 6) is 0.949. The summed E-state index contributed by atoms with van der Waals surface area (Å²) in [4.78, 5) is 30.1. The number of ether oxygens (including phenoxy) is 1. The summed E-state index contributed by atoms with van der Waals surface area (Å²) in [5, 5.41) is 1.90. The molecule has 26 heavy (non-hydrogen) atoms. The van der Waals surface area contributed by atoms with E-state index < -0.39 is 5.41 Å². The van der Waals surface area contributed by atoms with Gasteiger partial charge < -0.3 is 4.74 Å². The van der Waals surface area contributed by atoms with Gasteiger partial charge in [0.15, 0.2) is 4.96 Å². The molecule has 4 bridgehead atoms. The maximum Gasteiger partial charge on any atom is 0.312 e. The van der Waals surface area contributed by atoms with E-state index in [1.165, 1.54) is 23.8 Å². The van der Waals surface area contributed by atoms with Gasteiger partial charge in [-0.1, -0.05) is 0 Å². The topological polar surface area (TPSA) is 60.7 Å². The van der Waals surface area contributed by atoms with Crippen molar-refractivity contribution in [2.75, 3.05) is 0 Å². The van der Waals surface area contributed by atoms with E-state index in [0.717, 1.165) is 37.8 Å². The summed E-state index contributed by atoms with van der Waals surface area (Å²) < 4.78 is 7.24. The van der Waals surface area contributed by atoms with Crippen LogP contribution in [0.4, 0.5) is 0 Å². The van der Waals surface area contributed by atoms with Crippen molar-refractivity contribution in [3.63, 3.8) is 0 Å². The van der Waals surface area contributed by atoms with Gasteiger partial charge in [0, 0.05) is 22.0 Å². The van der Waals surface area contributed by atoms with Gasteiger partial charge in [-0.25, -0.2) is 4.98 Å². The predicted octanol–water partition coefficient (Wildman–Crippen LogP) is 3.69. The molecule has 2 aromatic rings. The van der Waals surface area contributed by atoms with Crippen molar-refractivity contribution in [3.05, 3.63) is 33.2 Å². The summed E-state index contributed by atoms with van der Waals surface area (Å²) in [6, 6.07) is 1.46. The van der Waals surface area contributed by atoms with Crippen molar-refractivity contribution >= 4 is 33.9 Å². The summed E-state index contributed by atoms with van der Waals surface area (Å²) in [5.41, 5.74) is 0.821. The molecule has 0 aliphatic heterocycles. The van der Waals surface area contributed by atoms with Crippen LogP contribution in [0.2, 0.25) is 0 Å². The number of fused-ring (bicyclic) bond motifs is 1. The number of carbonyl (C=O) groups is 1. The average molecular weight is 393 g/mol. The van der Waals surface area contributed by atoms with Crippen LogP contribution in [-0.2, 0) is 16.1 Å². The van der Waals surface area contributed by atoms with Crippen molar-refractivity contribution in [3.8, 4) is 0 Å². The van der Waals surface area contributed by atoms with Gasteiger partial charge in [0.1, 0.15) is 6.61 Å². The van der Waals surface area contributed by atoms with Crippen LogP contribution >= 0.6 is 22.9 Å². The van der Waals surface area contributed by atoms with Gasteiger partial charge in [-0.05, 0) is 57.3 Å². The molecule has 0 unspecified atom stereocenters. The van der Waals surface area contributed by atoms with Crippen molar-refractivity contribution in [1.82, 2.24) is 9.38 Å². The summed E-state index contributed by atoms with van der Waals surface area (Å²) >= 11 is 8.22. The van der Waals surface area contributed by atoms with Gasteiger partial charge in [-0.3, -0.25) is 14.0 Å². The molecule has 2 heterocycles. The van der Waals surface area contributed by atoms with E-state index in [-0.39, 0.29) is 23.0 Å². The Hall–Kier alpha value is -1.40. The van der Waals surface area contributed by atoms with E-state index in [4.69, 9.17) is 16.3 Å². The molecule has 138 valence electrons. The zero-order valence-corrected chi connectivity index (χ0v) is 16.2. The lowest BCUT2D eigenvalue weighted by atomic mass is 9.49. The SMILES string of the molecule is Cc1csc2nc(COC(=O)C34C[C@H]5C[C@@H](CC(Cl)(C5)C3)C4)cc(=O)n12. The third-order valence-electron chi connectivity index (χ3n) is 6.40. The number of nitrogens with zero attached hydrogens (tertiary/aromatic N) is 2. The lowest BCUT2D eigenvalue weighted by Gasteiger charge is -2.58. The van der Waals surface area contributed by atoms with Crippen molar-refractivity contribution < 1.29 is 9.53 Å². The van der Waals surface area contributed by atoms with Crippen LogP contribution in [-0.4, -0.2) is 20.2 Å². The quantitative estimate of drug-likeness (QED) is 0.590. The molecule has 0 saturated heterocycles. The first-order valence-electron chi connectivity index (χ1n) is 9.19. The van der Waals surface area contributed by atoms with Crippen molar-refractivity contribution in [2.24, 2.45) is 17.3 Å². The molecule has 0 amide bonds. The molecule has 4 aliphatic rings. The number of rotatable bonds is 3.